The van der Waals surface area contributed by atoms with E-state index >= 15 is 0 Å². The lowest BCUT2D eigenvalue weighted by atomic mass is 9.97. The molecule has 1 aliphatic rings. The molecular formula is C17H22F2N4OS. The van der Waals surface area contributed by atoms with E-state index in [1.54, 1.807) is 0 Å². The van der Waals surface area contributed by atoms with Crippen LogP contribution in [-0.2, 0) is 4.79 Å². The van der Waals surface area contributed by atoms with Crippen LogP contribution in [0.15, 0.2) is 12.1 Å². The number of nitrogens with zero attached hydrogens (tertiary/aromatic N) is 3. The molecule has 8 heteroatoms. The van der Waals surface area contributed by atoms with Gasteiger partial charge in [0.25, 0.3) is 0 Å². The molecule has 0 spiro atoms. The highest BCUT2D eigenvalue weighted by Crippen LogP contribution is 2.29. The van der Waals surface area contributed by atoms with Gasteiger partial charge in [-0.25, -0.2) is 13.8 Å². The molecule has 1 aliphatic heterocycles. The van der Waals surface area contributed by atoms with Gasteiger partial charge >= 0.3 is 0 Å². The summed E-state index contributed by atoms with van der Waals surface area (Å²) in [6.45, 7) is 3.61. The molecule has 1 unspecified atom stereocenters. The third-order valence-corrected chi connectivity index (χ3v) is 5.30. The molecule has 5 nitrogen and oxygen atoms in total. The van der Waals surface area contributed by atoms with E-state index in [9.17, 15) is 13.6 Å². The van der Waals surface area contributed by atoms with Crippen molar-refractivity contribution >= 4 is 32.6 Å². The Hall–Kier alpha value is -1.64. The average molecular weight is 368 g/mol. The molecule has 1 N–H and O–H groups in total. The molecular weight excluding hydrogens is 346 g/mol. The predicted molar refractivity (Wildman–Crippen MR) is 95.9 cm³/mol. The Labute approximate surface area is 149 Å². The molecule has 1 atom stereocenters. The standard InChI is InChI=1S/C17H22F2N4OS/c1-22(2)6-7-23-5-3-4-11(10-23)16(24)21-17-20-15-13(19)8-12(18)9-14(15)25-17/h8-9,11H,3-7,10H2,1-2H3,(H,20,21,24). The first kappa shape index (κ1) is 18.2. The number of likely N-dealkylation sites (tertiary alicyclic amines) is 1. The number of hydrogen-bond acceptors (Lipinski definition) is 5. The molecule has 1 amide bonds. The second kappa shape index (κ2) is 7.72. The van der Waals surface area contributed by atoms with E-state index in [1.165, 1.54) is 6.07 Å². The largest absolute Gasteiger partial charge is 0.308 e. The van der Waals surface area contributed by atoms with Crippen molar-refractivity contribution in [2.75, 3.05) is 45.6 Å². The molecule has 25 heavy (non-hydrogen) atoms. The first-order valence-electron chi connectivity index (χ1n) is 8.36. The Kier molecular flexibility index (Phi) is 5.61. The Morgan fingerprint density at radius 1 is 1.44 bits per heavy atom. The number of amides is 1. The number of fused-ring (bicyclic) bond motifs is 1. The van der Waals surface area contributed by atoms with Gasteiger partial charge in [0.05, 0.1) is 10.6 Å². The van der Waals surface area contributed by atoms with E-state index in [0.29, 0.717) is 16.4 Å². The van der Waals surface area contributed by atoms with E-state index in [0.717, 1.165) is 49.9 Å². The fourth-order valence-electron chi connectivity index (χ4n) is 3.03. The number of nitrogens with one attached hydrogen (secondary N) is 1. The quantitative estimate of drug-likeness (QED) is 0.882. The highest BCUT2D eigenvalue weighted by atomic mass is 32.1. The first-order valence-corrected chi connectivity index (χ1v) is 9.17. The summed E-state index contributed by atoms with van der Waals surface area (Å²) in [6.07, 6.45) is 1.81. The lowest BCUT2D eigenvalue weighted by Gasteiger charge is -2.32. The number of hydrogen-bond donors (Lipinski definition) is 1. The SMILES string of the molecule is CN(C)CCN1CCCC(C(=O)Nc2nc3c(F)cc(F)cc3s2)C1. The Bertz CT molecular complexity index is 764. The van der Waals surface area contributed by atoms with Gasteiger partial charge in [0.15, 0.2) is 10.9 Å². The maximum Gasteiger partial charge on any atom is 0.230 e. The maximum atomic E-state index is 13.7. The van der Waals surface area contributed by atoms with Crippen molar-refractivity contribution < 1.29 is 13.6 Å². The zero-order valence-electron chi connectivity index (χ0n) is 14.4. The summed E-state index contributed by atoms with van der Waals surface area (Å²) in [6, 6.07) is 2.03. The third kappa shape index (κ3) is 4.50. The summed E-state index contributed by atoms with van der Waals surface area (Å²) in [5.41, 5.74) is 0.0953. The average Bonchev–Trinajstić information content (AvgIpc) is 2.96. The number of carbonyl (C=O) groups excluding carboxylic acids is 1. The minimum Gasteiger partial charge on any atom is -0.308 e. The number of benzene rings is 1. The van der Waals surface area contributed by atoms with Crippen molar-refractivity contribution in [1.29, 1.82) is 0 Å². The van der Waals surface area contributed by atoms with Gasteiger partial charge in [-0.2, -0.15) is 0 Å². The Morgan fingerprint density at radius 3 is 3.00 bits per heavy atom. The topological polar surface area (TPSA) is 48.5 Å². The zero-order chi connectivity index (χ0) is 18.0. The summed E-state index contributed by atoms with van der Waals surface area (Å²) in [5.74, 6) is -1.56. The minimum atomic E-state index is -0.709. The van der Waals surface area contributed by atoms with Crippen molar-refractivity contribution in [3.05, 3.63) is 23.8 Å². The molecule has 0 aliphatic carbocycles. The molecule has 136 valence electrons. The number of aromatic nitrogens is 1. The molecule has 1 aromatic carbocycles. The number of rotatable bonds is 5. The minimum absolute atomic E-state index is 0.0953. The number of halogens is 2. The Morgan fingerprint density at radius 2 is 2.24 bits per heavy atom. The van der Waals surface area contributed by atoms with Crippen LogP contribution in [0, 0.1) is 17.6 Å². The van der Waals surface area contributed by atoms with Crippen LogP contribution in [0.3, 0.4) is 0 Å². The molecule has 0 bridgehead atoms. The number of thiazole rings is 1. The number of likely N-dealkylation sites (N-methyl/N-ethyl adjacent to an activating group) is 1. The number of carbonyl (C=O) groups is 1. The number of piperidine rings is 1. The summed E-state index contributed by atoms with van der Waals surface area (Å²) in [7, 11) is 4.06. The van der Waals surface area contributed by atoms with Crippen molar-refractivity contribution in [3.63, 3.8) is 0 Å². The van der Waals surface area contributed by atoms with E-state index in [-0.39, 0.29) is 17.3 Å². The van der Waals surface area contributed by atoms with E-state index in [1.807, 2.05) is 14.1 Å². The molecule has 2 aromatic rings. The highest BCUT2D eigenvalue weighted by Gasteiger charge is 2.26. The molecule has 2 heterocycles. The van der Waals surface area contributed by atoms with Gasteiger partial charge in [-0.05, 0) is 39.5 Å². The summed E-state index contributed by atoms with van der Waals surface area (Å²) < 4.78 is 27.4. The van der Waals surface area contributed by atoms with Gasteiger partial charge in [-0.3, -0.25) is 4.79 Å². The van der Waals surface area contributed by atoms with Gasteiger partial charge < -0.3 is 15.1 Å². The lowest BCUT2D eigenvalue weighted by Crippen LogP contribution is -2.43. The molecule has 0 radical (unpaired) electrons. The van der Waals surface area contributed by atoms with Crippen molar-refractivity contribution in [3.8, 4) is 0 Å². The normalized spacial score (nSPS) is 18.8. The third-order valence-electron chi connectivity index (χ3n) is 4.38. The molecule has 0 saturated carbocycles. The van der Waals surface area contributed by atoms with Gasteiger partial charge in [0, 0.05) is 25.7 Å². The second-order valence-corrected chi connectivity index (χ2v) is 7.72. The molecule has 1 fully saturated rings. The van der Waals surface area contributed by atoms with Crippen molar-refractivity contribution in [1.82, 2.24) is 14.8 Å². The van der Waals surface area contributed by atoms with E-state index in [2.05, 4.69) is 20.1 Å². The van der Waals surface area contributed by atoms with Crippen LogP contribution in [0.5, 0.6) is 0 Å². The Balaban J connectivity index is 1.64. The second-order valence-electron chi connectivity index (χ2n) is 6.69. The van der Waals surface area contributed by atoms with E-state index < -0.39 is 11.6 Å². The van der Waals surface area contributed by atoms with Gasteiger partial charge in [0.1, 0.15) is 11.3 Å². The zero-order valence-corrected chi connectivity index (χ0v) is 15.2. The molecule has 1 saturated heterocycles. The smallest absolute Gasteiger partial charge is 0.230 e. The van der Waals surface area contributed by atoms with Gasteiger partial charge in [-0.15, -0.1) is 0 Å². The van der Waals surface area contributed by atoms with Crippen LogP contribution in [0.1, 0.15) is 12.8 Å². The fourth-order valence-corrected chi connectivity index (χ4v) is 3.94. The summed E-state index contributed by atoms with van der Waals surface area (Å²) >= 11 is 1.09. The van der Waals surface area contributed by atoms with Gasteiger partial charge in [-0.1, -0.05) is 11.3 Å². The highest BCUT2D eigenvalue weighted by molar-refractivity contribution is 7.22. The maximum absolute atomic E-state index is 13.7. The predicted octanol–water partition coefficient (Wildman–Crippen LogP) is 2.79. The summed E-state index contributed by atoms with van der Waals surface area (Å²) in [4.78, 5) is 21.0. The fraction of sp³-hybridized carbons (Fsp3) is 0.529. The van der Waals surface area contributed by atoms with Crippen molar-refractivity contribution in [2.45, 2.75) is 12.8 Å². The van der Waals surface area contributed by atoms with Crippen LogP contribution in [-0.4, -0.2) is 61.0 Å². The van der Waals surface area contributed by atoms with Crippen LogP contribution >= 0.6 is 11.3 Å². The van der Waals surface area contributed by atoms with Crippen molar-refractivity contribution in [2.24, 2.45) is 5.92 Å². The van der Waals surface area contributed by atoms with Crippen LogP contribution < -0.4 is 5.32 Å². The lowest BCUT2D eigenvalue weighted by molar-refractivity contribution is -0.121. The monoisotopic (exact) mass is 368 g/mol. The molecule has 3 rings (SSSR count). The van der Waals surface area contributed by atoms with Gasteiger partial charge in [0.2, 0.25) is 5.91 Å². The molecule has 1 aromatic heterocycles. The van der Waals surface area contributed by atoms with Crippen LogP contribution in [0.25, 0.3) is 10.2 Å². The van der Waals surface area contributed by atoms with Crippen LogP contribution in [0.4, 0.5) is 13.9 Å². The van der Waals surface area contributed by atoms with E-state index in [4.69, 9.17) is 0 Å². The first-order chi connectivity index (χ1) is 11.9. The number of anilines is 1. The van der Waals surface area contributed by atoms with Crippen LogP contribution in [0.2, 0.25) is 0 Å². The summed E-state index contributed by atoms with van der Waals surface area (Å²) in [5, 5.41) is 3.09.